The average molecular weight is 366 g/mol. The lowest BCUT2D eigenvalue weighted by Gasteiger charge is -2.20. The van der Waals surface area contributed by atoms with E-state index in [9.17, 15) is 9.59 Å². The normalized spacial score (nSPS) is 16.5. The van der Waals surface area contributed by atoms with Gasteiger partial charge in [0.25, 0.3) is 0 Å². The second-order valence-electron chi connectivity index (χ2n) is 7.03. The van der Waals surface area contributed by atoms with Crippen LogP contribution in [0.4, 0.5) is 11.4 Å². The molecule has 2 aromatic carbocycles. The van der Waals surface area contributed by atoms with Crippen LogP contribution in [0.3, 0.4) is 0 Å². The first-order chi connectivity index (χ1) is 12.9. The number of nitrogens with one attached hydrogen (secondary N) is 1. The number of para-hydroxylation sites is 1. The van der Waals surface area contributed by atoms with Gasteiger partial charge in [-0.05, 0) is 49.1 Å². The number of ether oxygens (including phenoxy) is 1. The Labute approximate surface area is 160 Å². The van der Waals surface area contributed by atoms with Crippen molar-refractivity contribution >= 4 is 23.2 Å². The fourth-order valence-electron chi connectivity index (χ4n) is 3.55. The van der Waals surface area contributed by atoms with Gasteiger partial charge >= 0.3 is 0 Å². The Morgan fingerprint density at radius 1 is 1.26 bits per heavy atom. The summed E-state index contributed by atoms with van der Waals surface area (Å²) in [6, 6.07) is 11.7. The fourth-order valence-corrected chi connectivity index (χ4v) is 3.55. The lowest BCUT2D eigenvalue weighted by molar-refractivity contribution is -0.122. The standard InChI is InChI=1S/C22H26N2O3/c1-5-16-8-6-7-15(3)21(16)23-22(26)17-12-20(25)24(13-17)18-11-14(2)9-10-19(18)27-4/h6-11,17H,5,12-13H2,1-4H3,(H,23,26)/t17-/m0/s1. The van der Waals surface area contributed by atoms with Crippen LogP contribution < -0.4 is 15.0 Å². The van der Waals surface area contributed by atoms with E-state index >= 15 is 0 Å². The Bertz CT molecular complexity index is 876. The molecule has 0 unspecified atom stereocenters. The van der Waals surface area contributed by atoms with Crippen molar-refractivity contribution in [3.63, 3.8) is 0 Å². The fraction of sp³-hybridized carbons (Fsp3) is 0.364. The van der Waals surface area contributed by atoms with Crippen LogP contribution in [-0.2, 0) is 16.0 Å². The summed E-state index contributed by atoms with van der Waals surface area (Å²) in [6.45, 7) is 6.38. The van der Waals surface area contributed by atoms with Gasteiger partial charge in [0.1, 0.15) is 5.75 Å². The molecule has 1 aliphatic rings. The van der Waals surface area contributed by atoms with Gasteiger partial charge in [-0.3, -0.25) is 9.59 Å². The van der Waals surface area contributed by atoms with E-state index in [1.807, 2.05) is 50.2 Å². The van der Waals surface area contributed by atoms with Crippen molar-refractivity contribution in [3.8, 4) is 5.75 Å². The lowest BCUT2D eigenvalue weighted by Crippen LogP contribution is -2.28. The van der Waals surface area contributed by atoms with Crippen LogP contribution in [0.1, 0.15) is 30.0 Å². The van der Waals surface area contributed by atoms with Gasteiger partial charge in [-0.1, -0.05) is 31.2 Å². The minimum Gasteiger partial charge on any atom is -0.495 e. The van der Waals surface area contributed by atoms with Crippen LogP contribution in [0.25, 0.3) is 0 Å². The first-order valence-electron chi connectivity index (χ1n) is 9.29. The summed E-state index contributed by atoms with van der Waals surface area (Å²) in [5.41, 5.74) is 4.76. The quantitative estimate of drug-likeness (QED) is 0.874. The zero-order chi connectivity index (χ0) is 19.6. The number of hydrogen-bond acceptors (Lipinski definition) is 3. The second-order valence-corrected chi connectivity index (χ2v) is 7.03. The second kappa shape index (κ2) is 7.82. The molecule has 1 fully saturated rings. The molecule has 0 spiro atoms. The first kappa shape index (κ1) is 19.0. The summed E-state index contributed by atoms with van der Waals surface area (Å²) in [5, 5.41) is 3.06. The molecular weight excluding hydrogens is 340 g/mol. The molecule has 2 amide bonds. The molecule has 3 rings (SSSR count). The highest BCUT2D eigenvalue weighted by molar-refractivity contribution is 6.04. The largest absolute Gasteiger partial charge is 0.495 e. The molecule has 0 aliphatic carbocycles. The Balaban J connectivity index is 1.80. The molecule has 0 saturated carbocycles. The maximum Gasteiger partial charge on any atom is 0.229 e. The number of carbonyl (C=O) groups is 2. The van der Waals surface area contributed by atoms with Crippen LogP contribution in [0.15, 0.2) is 36.4 Å². The van der Waals surface area contributed by atoms with E-state index in [0.29, 0.717) is 12.3 Å². The molecule has 1 saturated heterocycles. The van der Waals surface area contributed by atoms with Crippen molar-refractivity contribution in [2.24, 2.45) is 5.92 Å². The minimum atomic E-state index is -0.382. The Morgan fingerprint density at radius 3 is 2.74 bits per heavy atom. The first-order valence-corrected chi connectivity index (χ1v) is 9.29. The summed E-state index contributed by atoms with van der Waals surface area (Å²) in [4.78, 5) is 27.1. The number of carbonyl (C=O) groups excluding carboxylic acids is 2. The van der Waals surface area contributed by atoms with Crippen LogP contribution in [-0.4, -0.2) is 25.5 Å². The molecule has 5 heteroatoms. The van der Waals surface area contributed by atoms with Crippen LogP contribution in [0, 0.1) is 19.8 Å². The molecule has 1 heterocycles. The zero-order valence-electron chi connectivity index (χ0n) is 16.3. The summed E-state index contributed by atoms with van der Waals surface area (Å²) in [6.07, 6.45) is 1.05. The van der Waals surface area contributed by atoms with Crippen molar-refractivity contribution in [1.29, 1.82) is 0 Å². The van der Waals surface area contributed by atoms with E-state index in [0.717, 1.165) is 34.5 Å². The van der Waals surface area contributed by atoms with E-state index < -0.39 is 0 Å². The molecule has 1 aliphatic heterocycles. The zero-order valence-corrected chi connectivity index (χ0v) is 16.3. The smallest absolute Gasteiger partial charge is 0.229 e. The molecule has 1 N–H and O–H groups in total. The molecule has 0 radical (unpaired) electrons. The topological polar surface area (TPSA) is 58.6 Å². The maximum atomic E-state index is 12.9. The highest BCUT2D eigenvalue weighted by Gasteiger charge is 2.36. The van der Waals surface area contributed by atoms with Gasteiger partial charge in [-0.25, -0.2) is 0 Å². The predicted molar refractivity (Wildman–Crippen MR) is 107 cm³/mol. The molecule has 1 atom stereocenters. The molecular formula is C22H26N2O3. The van der Waals surface area contributed by atoms with Crippen LogP contribution in [0.2, 0.25) is 0 Å². The maximum absolute atomic E-state index is 12.9. The van der Waals surface area contributed by atoms with Crippen LogP contribution in [0.5, 0.6) is 5.75 Å². The highest BCUT2D eigenvalue weighted by Crippen LogP contribution is 2.34. The summed E-state index contributed by atoms with van der Waals surface area (Å²) in [5.74, 6) is 0.0928. The lowest BCUT2D eigenvalue weighted by atomic mass is 10.0. The highest BCUT2D eigenvalue weighted by atomic mass is 16.5. The molecule has 2 aromatic rings. The number of hydrogen-bond donors (Lipinski definition) is 1. The molecule has 0 aromatic heterocycles. The van der Waals surface area contributed by atoms with E-state index in [2.05, 4.69) is 12.2 Å². The van der Waals surface area contributed by atoms with Crippen molar-refractivity contribution in [2.75, 3.05) is 23.9 Å². The summed E-state index contributed by atoms with van der Waals surface area (Å²) in [7, 11) is 1.59. The van der Waals surface area contributed by atoms with Crippen molar-refractivity contribution in [1.82, 2.24) is 0 Å². The minimum absolute atomic E-state index is 0.0560. The number of rotatable bonds is 5. The van der Waals surface area contributed by atoms with Crippen LogP contribution >= 0.6 is 0 Å². The van der Waals surface area contributed by atoms with E-state index in [1.165, 1.54) is 0 Å². The van der Waals surface area contributed by atoms with E-state index in [4.69, 9.17) is 4.74 Å². The van der Waals surface area contributed by atoms with Gasteiger partial charge < -0.3 is 15.0 Å². The van der Waals surface area contributed by atoms with Crippen molar-refractivity contribution < 1.29 is 14.3 Å². The number of benzene rings is 2. The predicted octanol–water partition coefficient (Wildman–Crippen LogP) is 3.87. The Morgan fingerprint density at radius 2 is 2.04 bits per heavy atom. The van der Waals surface area contributed by atoms with Gasteiger partial charge in [0, 0.05) is 18.7 Å². The van der Waals surface area contributed by atoms with E-state index in [1.54, 1.807) is 12.0 Å². The summed E-state index contributed by atoms with van der Waals surface area (Å²) < 4.78 is 5.40. The number of amides is 2. The number of anilines is 2. The van der Waals surface area contributed by atoms with Gasteiger partial charge in [0.05, 0.1) is 18.7 Å². The van der Waals surface area contributed by atoms with Gasteiger partial charge in [-0.15, -0.1) is 0 Å². The third-order valence-electron chi connectivity index (χ3n) is 5.11. The number of aryl methyl sites for hydroxylation is 3. The third-order valence-corrected chi connectivity index (χ3v) is 5.11. The summed E-state index contributed by atoms with van der Waals surface area (Å²) >= 11 is 0. The van der Waals surface area contributed by atoms with Gasteiger partial charge in [0.15, 0.2) is 0 Å². The Hall–Kier alpha value is -2.82. The molecule has 5 nitrogen and oxygen atoms in total. The number of methoxy groups -OCH3 is 1. The van der Waals surface area contributed by atoms with Crippen molar-refractivity contribution in [3.05, 3.63) is 53.1 Å². The average Bonchev–Trinajstić information content (AvgIpc) is 3.05. The monoisotopic (exact) mass is 366 g/mol. The SMILES string of the molecule is CCc1cccc(C)c1NC(=O)[C@H]1CC(=O)N(c2cc(C)ccc2OC)C1. The van der Waals surface area contributed by atoms with Gasteiger partial charge in [-0.2, -0.15) is 0 Å². The number of nitrogens with zero attached hydrogens (tertiary/aromatic N) is 1. The van der Waals surface area contributed by atoms with Crippen molar-refractivity contribution in [2.45, 2.75) is 33.6 Å². The molecule has 0 bridgehead atoms. The molecule has 27 heavy (non-hydrogen) atoms. The Kier molecular flexibility index (Phi) is 5.49. The van der Waals surface area contributed by atoms with Gasteiger partial charge in [0.2, 0.25) is 11.8 Å². The molecule has 142 valence electrons. The third kappa shape index (κ3) is 3.82. The van der Waals surface area contributed by atoms with E-state index in [-0.39, 0.29) is 24.2 Å².